The fraction of sp³-hybridized carbons (Fsp3) is 0.396. The number of amides is 2. The zero-order chi connectivity index (χ0) is 50.7. The van der Waals surface area contributed by atoms with E-state index in [0.717, 1.165) is 40.0 Å². The number of hydrogen-bond donors (Lipinski definition) is 4. The quantitative estimate of drug-likeness (QED) is 0.0327. The number of thiol groups is 1. The van der Waals surface area contributed by atoms with Gasteiger partial charge in [-0.2, -0.15) is 21.0 Å². The van der Waals surface area contributed by atoms with Crippen molar-refractivity contribution < 1.29 is 55.7 Å². The summed E-state index contributed by atoms with van der Waals surface area (Å²) in [5.74, 6) is 0.758. The molecule has 0 saturated heterocycles. The molecule has 4 heterocycles. The summed E-state index contributed by atoms with van der Waals surface area (Å²) in [6.45, 7) is 8.02. The largest absolute Gasteiger partial charge is 0.493 e. The lowest BCUT2D eigenvalue weighted by Gasteiger charge is -2.32. The fourth-order valence-corrected chi connectivity index (χ4v) is 11.0. The number of para-hydroxylation sites is 2. The molecule has 5 aromatic rings. The van der Waals surface area contributed by atoms with Crippen molar-refractivity contribution in [1.29, 1.82) is 0 Å². The summed E-state index contributed by atoms with van der Waals surface area (Å²) in [7, 11) is -0.0798. The number of fused-ring (bicyclic) bond motifs is 8. The van der Waals surface area contributed by atoms with Crippen LogP contribution in [-0.2, 0) is 50.4 Å². The molecule has 2 unspecified atom stereocenters. The van der Waals surface area contributed by atoms with Crippen molar-refractivity contribution in [3.8, 4) is 23.0 Å². The van der Waals surface area contributed by atoms with Gasteiger partial charge in [-0.3, -0.25) is 14.1 Å². The lowest BCUT2D eigenvalue weighted by Crippen LogP contribution is -2.49. The summed E-state index contributed by atoms with van der Waals surface area (Å²) < 4.78 is 77.6. The molecule has 0 bridgehead atoms. The van der Waals surface area contributed by atoms with Gasteiger partial charge in [-0.25, -0.2) is 0 Å². The molecule has 19 heteroatoms. The molecule has 0 aromatic heterocycles. The highest BCUT2D eigenvalue weighted by molar-refractivity contribution is 7.86. The maximum Gasteiger partial charge on any atom is 0.288 e. The number of nitrogens with zero attached hydrogens (tertiary/aromatic N) is 3. The van der Waals surface area contributed by atoms with Crippen LogP contribution in [0.3, 0.4) is 0 Å². The monoisotopic (exact) mass is 1020 g/mol. The minimum atomic E-state index is -4.72. The third kappa shape index (κ3) is 10.9. The van der Waals surface area contributed by atoms with Gasteiger partial charge in [0.2, 0.25) is 0 Å². The SMILES string of the molecule is COCCOCCOCCN(CC(C)(C)S)c1cc(COc2cc3c(cc2OC)C(=O)N2c4ccccc4CC2C(S(=O)(=O)O)N3)cc(COc2cc3c(cc2OC)C(=O)N2c4ccccc4C[C@H]2CN3)c1. The average Bonchev–Trinajstić information content (AvgIpc) is 3.86. The van der Waals surface area contributed by atoms with Crippen LogP contribution in [0.25, 0.3) is 0 Å². The van der Waals surface area contributed by atoms with E-state index >= 15 is 0 Å². The summed E-state index contributed by atoms with van der Waals surface area (Å²) in [6, 6.07) is 26.9. The van der Waals surface area contributed by atoms with Crippen LogP contribution < -0.4 is 44.3 Å². The van der Waals surface area contributed by atoms with Crippen LogP contribution in [0.1, 0.15) is 56.8 Å². The van der Waals surface area contributed by atoms with Gasteiger partial charge in [0, 0.05) is 60.7 Å². The zero-order valence-electron chi connectivity index (χ0n) is 41.0. The molecular formula is C53H61N5O12S2. The first-order valence-electron chi connectivity index (χ1n) is 23.9. The second-order valence-corrected chi connectivity index (χ2v) is 21.6. The molecular weight excluding hydrogens is 963 g/mol. The number of nitrogens with one attached hydrogen (secondary N) is 2. The van der Waals surface area contributed by atoms with Crippen molar-refractivity contribution in [1.82, 2.24) is 0 Å². The van der Waals surface area contributed by atoms with E-state index in [1.54, 1.807) is 32.4 Å². The van der Waals surface area contributed by atoms with Gasteiger partial charge in [0.05, 0.1) is 81.8 Å². The summed E-state index contributed by atoms with van der Waals surface area (Å²) >= 11 is 4.92. The first-order chi connectivity index (χ1) is 34.6. The van der Waals surface area contributed by atoms with Gasteiger partial charge >= 0.3 is 0 Å². The van der Waals surface area contributed by atoms with E-state index in [1.807, 2.05) is 73.3 Å². The van der Waals surface area contributed by atoms with Gasteiger partial charge in [-0.1, -0.05) is 36.4 Å². The standard InChI is InChI=1S/C53H61N5O12S2/c1-53(2,71)32-56(14-15-67-18-19-68-17-16-64-3)37-21-33(30-69-48-27-41-39(25-46(48)65-4)51(59)57-38(29-54-41)23-35-10-6-8-12-43(35)57)20-34(22-37)31-70-49-28-42-40(26-47(49)66-5)52(60)58-44-13-9-7-11-36(44)24-45(58)50(55-42)72(61,62)63/h6-13,20-22,25-28,38,45,50,54-55,71H,14-19,23-24,29-32H2,1-5H3,(H,61,62,63)/t38-,45?,50?/m0/s1. The van der Waals surface area contributed by atoms with Crippen LogP contribution in [-0.4, -0.2) is 121 Å². The first-order valence-corrected chi connectivity index (χ1v) is 25.8. The molecule has 4 aliphatic rings. The molecule has 2 amide bonds. The van der Waals surface area contributed by atoms with Crippen LogP contribution in [0.2, 0.25) is 0 Å². The lowest BCUT2D eigenvalue weighted by atomic mass is 10.1. The van der Waals surface area contributed by atoms with Gasteiger partial charge in [0.15, 0.2) is 28.4 Å². The predicted octanol–water partition coefficient (Wildman–Crippen LogP) is 7.26. The Morgan fingerprint density at radius 1 is 0.708 bits per heavy atom. The van der Waals surface area contributed by atoms with E-state index in [0.29, 0.717) is 81.1 Å². The van der Waals surface area contributed by atoms with Crippen molar-refractivity contribution in [2.75, 3.05) is 99.3 Å². The Morgan fingerprint density at radius 3 is 1.88 bits per heavy atom. The van der Waals surface area contributed by atoms with Crippen molar-refractivity contribution in [3.63, 3.8) is 0 Å². The Balaban J connectivity index is 1.01. The molecule has 3 atom stereocenters. The third-order valence-corrected chi connectivity index (χ3v) is 14.4. The van der Waals surface area contributed by atoms with E-state index < -0.39 is 32.2 Å². The highest BCUT2D eigenvalue weighted by atomic mass is 32.2. The Morgan fingerprint density at radius 2 is 1.26 bits per heavy atom. The lowest BCUT2D eigenvalue weighted by molar-refractivity contribution is 0.0264. The molecule has 72 heavy (non-hydrogen) atoms. The van der Waals surface area contributed by atoms with E-state index in [9.17, 15) is 22.6 Å². The van der Waals surface area contributed by atoms with Crippen LogP contribution in [0.4, 0.5) is 28.4 Å². The second kappa shape index (κ2) is 21.5. The minimum Gasteiger partial charge on any atom is -0.493 e. The smallest absolute Gasteiger partial charge is 0.288 e. The van der Waals surface area contributed by atoms with Crippen LogP contribution >= 0.6 is 12.6 Å². The second-order valence-electron chi connectivity index (χ2n) is 18.8. The Hall–Kier alpha value is -6.22. The Kier molecular flexibility index (Phi) is 15.1. The molecule has 3 N–H and O–H groups in total. The number of carbonyl (C=O) groups excluding carboxylic acids is 2. The Labute approximate surface area is 425 Å². The number of ether oxygens (including phenoxy) is 7. The minimum absolute atomic E-state index is 0.0101. The number of methoxy groups -OCH3 is 3. The summed E-state index contributed by atoms with van der Waals surface area (Å²) in [4.78, 5) is 34.0. The number of benzene rings is 5. The number of anilines is 5. The van der Waals surface area contributed by atoms with Crippen molar-refractivity contribution >= 4 is 63.0 Å². The van der Waals surface area contributed by atoms with E-state index in [-0.39, 0.29) is 54.3 Å². The van der Waals surface area contributed by atoms with Crippen LogP contribution in [0.5, 0.6) is 23.0 Å². The maximum absolute atomic E-state index is 14.3. The van der Waals surface area contributed by atoms with Crippen molar-refractivity contribution in [2.24, 2.45) is 0 Å². The molecule has 0 radical (unpaired) electrons. The summed E-state index contributed by atoms with van der Waals surface area (Å²) in [5, 5.41) is 4.95. The summed E-state index contributed by atoms with van der Waals surface area (Å²) in [6.07, 6.45) is 0.971. The van der Waals surface area contributed by atoms with Gasteiger partial charge in [-0.15, -0.1) is 0 Å². The highest BCUT2D eigenvalue weighted by Crippen LogP contribution is 2.44. The van der Waals surface area contributed by atoms with E-state index in [1.165, 1.54) is 24.1 Å². The molecule has 0 saturated carbocycles. The normalized spacial score (nSPS) is 17.8. The molecule has 0 fully saturated rings. The molecule has 17 nitrogen and oxygen atoms in total. The van der Waals surface area contributed by atoms with Gasteiger partial charge in [0.25, 0.3) is 21.9 Å². The first kappa shape index (κ1) is 50.7. The number of hydrogen-bond acceptors (Lipinski definition) is 15. The number of rotatable bonds is 21. The molecule has 5 aromatic carbocycles. The zero-order valence-corrected chi connectivity index (χ0v) is 42.7. The van der Waals surface area contributed by atoms with Crippen molar-refractivity contribution in [2.45, 2.75) is 62.1 Å². The van der Waals surface area contributed by atoms with Crippen LogP contribution in [0.15, 0.2) is 91.0 Å². The van der Waals surface area contributed by atoms with E-state index in [2.05, 4.69) is 21.6 Å². The van der Waals surface area contributed by atoms with E-state index in [4.69, 9.17) is 45.8 Å². The molecule has 382 valence electrons. The maximum atomic E-state index is 14.3. The third-order valence-electron chi connectivity index (χ3n) is 13.2. The highest BCUT2D eigenvalue weighted by Gasteiger charge is 2.47. The Bertz CT molecular complexity index is 2930. The predicted molar refractivity (Wildman–Crippen MR) is 279 cm³/mol. The van der Waals surface area contributed by atoms with Gasteiger partial charge in [0.1, 0.15) is 13.2 Å². The molecule has 9 rings (SSSR count). The average molecular weight is 1020 g/mol. The van der Waals surface area contributed by atoms with Gasteiger partial charge in [-0.05, 0) is 91.4 Å². The topological polar surface area (TPSA) is 187 Å². The van der Waals surface area contributed by atoms with Crippen LogP contribution in [0, 0.1) is 0 Å². The molecule has 0 aliphatic carbocycles. The fourth-order valence-electron chi connectivity index (χ4n) is 9.93. The number of carbonyl (C=O) groups is 2. The summed E-state index contributed by atoms with van der Waals surface area (Å²) in [5.41, 5.74) is 7.25. The van der Waals surface area contributed by atoms with Crippen molar-refractivity contribution in [3.05, 3.63) is 124 Å². The molecule has 4 aliphatic heterocycles. The van der Waals surface area contributed by atoms with Gasteiger partial charge < -0.3 is 58.5 Å². The molecule has 0 spiro atoms.